The molecule has 2 atom stereocenters. The van der Waals surface area contributed by atoms with Crippen LogP contribution in [0, 0.1) is 5.92 Å². The minimum absolute atomic E-state index is 0.0379. The van der Waals surface area contributed by atoms with Crippen LogP contribution in [0.25, 0.3) is 0 Å². The molecule has 0 aromatic heterocycles. The maximum Gasteiger partial charge on any atom is 0.315 e. The Hall–Kier alpha value is -0.730. The van der Waals surface area contributed by atoms with Crippen molar-refractivity contribution >= 4 is 6.03 Å². The van der Waals surface area contributed by atoms with Gasteiger partial charge in [-0.3, -0.25) is 0 Å². The summed E-state index contributed by atoms with van der Waals surface area (Å²) in [6.07, 6.45) is 2.36. The summed E-state index contributed by atoms with van der Waals surface area (Å²) in [5, 5.41) is 5.86. The van der Waals surface area contributed by atoms with E-state index in [1.165, 1.54) is 6.42 Å². The van der Waals surface area contributed by atoms with Crippen LogP contribution in [-0.4, -0.2) is 17.6 Å². The van der Waals surface area contributed by atoms with Gasteiger partial charge >= 0.3 is 6.03 Å². The molecule has 0 bridgehead atoms. The molecule has 1 aliphatic rings. The van der Waals surface area contributed by atoms with Crippen molar-refractivity contribution in [1.29, 1.82) is 0 Å². The zero-order chi connectivity index (χ0) is 10.1. The molecule has 76 valence electrons. The second-order valence-corrected chi connectivity index (χ2v) is 5.01. The van der Waals surface area contributed by atoms with E-state index in [4.69, 9.17) is 0 Å². The van der Waals surface area contributed by atoms with Gasteiger partial charge in [0.1, 0.15) is 0 Å². The van der Waals surface area contributed by atoms with E-state index in [-0.39, 0.29) is 11.6 Å². The van der Waals surface area contributed by atoms with E-state index >= 15 is 0 Å². The third kappa shape index (κ3) is 3.25. The van der Waals surface area contributed by atoms with E-state index in [1.54, 1.807) is 0 Å². The van der Waals surface area contributed by atoms with Gasteiger partial charge in [-0.15, -0.1) is 0 Å². The van der Waals surface area contributed by atoms with Crippen LogP contribution in [0.2, 0.25) is 0 Å². The molecule has 0 heterocycles. The Labute approximate surface area is 80.3 Å². The fourth-order valence-corrected chi connectivity index (χ4v) is 1.43. The average molecular weight is 184 g/mol. The predicted octanol–water partition coefficient (Wildman–Crippen LogP) is 1.88. The van der Waals surface area contributed by atoms with Crippen molar-refractivity contribution in [3.05, 3.63) is 0 Å². The SMILES string of the molecule is CC1CCC1NC(=O)NC(C)(C)C. The Balaban J connectivity index is 2.25. The van der Waals surface area contributed by atoms with Crippen LogP contribution in [0.5, 0.6) is 0 Å². The van der Waals surface area contributed by atoms with E-state index in [2.05, 4.69) is 17.6 Å². The highest BCUT2D eigenvalue weighted by atomic mass is 16.2. The number of carbonyl (C=O) groups is 1. The summed E-state index contributed by atoms with van der Waals surface area (Å²) in [5.41, 5.74) is -0.142. The van der Waals surface area contributed by atoms with Crippen LogP contribution in [0.15, 0.2) is 0 Å². The maximum absolute atomic E-state index is 11.4. The second-order valence-electron chi connectivity index (χ2n) is 5.01. The molecular weight excluding hydrogens is 164 g/mol. The molecule has 13 heavy (non-hydrogen) atoms. The smallest absolute Gasteiger partial charge is 0.315 e. The van der Waals surface area contributed by atoms with Crippen molar-refractivity contribution < 1.29 is 4.79 Å². The number of hydrogen-bond donors (Lipinski definition) is 2. The van der Waals surface area contributed by atoms with Gasteiger partial charge < -0.3 is 10.6 Å². The van der Waals surface area contributed by atoms with Crippen molar-refractivity contribution in [3.63, 3.8) is 0 Å². The Kier molecular flexibility index (Phi) is 2.84. The third-order valence-electron chi connectivity index (χ3n) is 2.42. The zero-order valence-corrected chi connectivity index (χ0v) is 8.98. The van der Waals surface area contributed by atoms with Crippen LogP contribution >= 0.6 is 0 Å². The van der Waals surface area contributed by atoms with Gasteiger partial charge in [0.25, 0.3) is 0 Å². The first-order valence-corrected chi connectivity index (χ1v) is 4.97. The Morgan fingerprint density at radius 3 is 2.23 bits per heavy atom. The summed E-state index contributed by atoms with van der Waals surface area (Å²) in [7, 11) is 0. The number of urea groups is 1. The molecular formula is C10H20N2O. The fraction of sp³-hybridized carbons (Fsp3) is 0.900. The Morgan fingerprint density at radius 2 is 1.92 bits per heavy atom. The van der Waals surface area contributed by atoms with Gasteiger partial charge in [0.2, 0.25) is 0 Å². The minimum atomic E-state index is -0.142. The topological polar surface area (TPSA) is 41.1 Å². The molecule has 0 saturated heterocycles. The highest BCUT2D eigenvalue weighted by Crippen LogP contribution is 2.26. The number of carbonyl (C=O) groups excluding carboxylic acids is 1. The van der Waals surface area contributed by atoms with E-state index in [1.807, 2.05) is 20.8 Å². The molecule has 0 aromatic carbocycles. The van der Waals surface area contributed by atoms with Crippen molar-refractivity contribution in [1.82, 2.24) is 10.6 Å². The van der Waals surface area contributed by atoms with Gasteiger partial charge in [0.05, 0.1) is 0 Å². The van der Waals surface area contributed by atoms with E-state index in [0.29, 0.717) is 12.0 Å². The summed E-state index contributed by atoms with van der Waals surface area (Å²) in [4.78, 5) is 11.4. The van der Waals surface area contributed by atoms with Gasteiger partial charge in [0, 0.05) is 11.6 Å². The highest BCUT2D eigenvalue weighted by Gasteiger charge is 2.28. The standard InChI is InChI=1S/C10H20N2O/c1-7-5-6-8(7)11-9(13)12-10(2,3)4/h7-8H,5-6H2,1-4H3,(H2,11,12,13). The second kappa shape index (κ2) is 3.56. The summed E-state index contributed by atoms with van der Waals surface area (Å²) >= 11 is 0. The monoisotopic (exact) mass is 184 g/mol. The fourth-order valence-electron chi connectivity index (χ4n) is 1.43. The maximum atomic E-state index is 11.4. The van der Waals surface area contributed by atoms with Gasteiger partial charge in [0.15, 0.2) is 0 Å². The summed E-state index contributed by atoms with van der Waals surface area (Å²) in [6, 6.07) is 0.353. The third-order valence-corrected chi connectivity index (χ3v) is 2.42. The Bertz CT molecular complexity index is 196. The van der Waals surface area contributed by atoms with E-state index in [0.717, 1.165) is 6.42 Å². The van der Waals surface area contributed by atoms with Crippen molar-refractivity contribution in [2.24, 2.45) is 5.92 Å². The van der Waals surface area contributed by atoms with Gasteiger partial charge in [-0.05, 0) is 39.5 Å². The van der Waals surface area contributed by atoms with Gasteiger partial charge in [-0.25, -0.2) is 4.79 Å². The molecule has 1 rings (SSSR count). The number of amides is 2. The molecule has 0 aliphatic heterocycles. The quantitative estimate of drug-likeness (QED) is 0.642. The van der Waals surface area contributed by atoms with E-state index in [9.17, 15) is 4.79 Å². The number of nitrogens with one attached hydrogen (secondary N) is 2. The molecule has 1 saturated carbocycles. The highest BCUT2D eigenvalue weighted by molar-refractivity contribution is 5.75. The molecule has 0 spiro atoms. The van der Waals surface area contributed by atoms with Crippen LogP contribution in [0.3, 0.4) is 0 Å². The van der Waals surface area contributed by atoms with Crippen molar-refractivity contribution in [2.45, 2.75) is 52.1 Å². The van der Waals surface area contributed by atoms with Crippen LogP contribution in [-0.2, 0) is 0 Å². The minimum Gasteiger partial charge on any atom is -0.335 e. The lowest BCUT2D eigenvalue weighted by molar-refractivity contribution is 0.197. The van der Waals surface area contributed by atoms with Gasteiger partial charge in [-0.2, -0.15) is 0 Å². The van der Waals surface area contributed by atoms with Crippen molar-refractivity contribution in [3.8, 4) is 0 Å². The first kappa shape index (κ1) is 10.4. The first-order chi connectivity index (χ1) is 5.88. The normalized spacial score (nSPS) is 27.7. The van der Waals surface area contributed by atoms with Crippen LogP contribution < -0.4 is 10.6 Å². The largest absolute Gasteiger partial charge is 0.335 e. The average Bonchev–Trinajstić information content (AvgIpc) is 1.94. The van der Waals surface area contributed by atoms with Crippen LogP contribution in [0.4, 0.5) is 4.79 Å². The molecule has 2 amide bonds. The molecule has 1 aliphatic carbocycles. The Morgan fingerprint density at radius 1 is 1.31 bits per heavy atom. The number of hydrogen-bond acceptors (Lipinski definition) is 1. The first-order valence-electron chi connectivity index (χ1n) is 4.97. The van der Waals surface area contributed by atoms with Crippen LogP contribution in [0.1, 0.15) is 40.5 Å². The lowest BCUT2D eigenvalue weighted by Gasteiger charge is -2.35. The zero-order valence-electron chi connectivity index (χ0n) is 8.98. The lowest BCUT2D eigenvalue weighted by Crippen LogP contribution is -2.53. The van der Waals surface area contributed by atoms with Crippen molar-refractivity contribution in [2.75, 3.05) is 0 Å². The summed E-state index contributed by atoms with van der Waals surface area (Å²) < 4.78 is 0. The molecule has 2 unspecified atom stereocenters. The summed E-state index contributed by atoms with van der Waals surface area (Å²) in [5.74, 6) is 0.644. The van der Waals surface area contributed by atoms with E-state index < -0.39 is 0 Å². The number of rotatable bonds is 1. The predicted molar refractivity (Wildman–Crippen MR) is 53.6 cm³/mol. The molecule has 0 aromatic rings. The lowest BCUT2D eigenvalue weighted by atomic mass is 9.81. The van der Waals surface area contributed by atoms with Gasteiger partial charge in [-0.1, -0.05) is 6.92 Å². The molecule has 2 N–H and O–H groups in total. The molecule has 3 nitrogen and oxygen atoms in total. The molecule has 3 heteroatoms. The molecule has 1 fully saturated rings. The molecule has 0 radical (unpaired) electrons. The summed E-state index contributed by atoms with van der Waals surface area (Å²) in [6.45, 7) is 8.12.